The zero-order chi connectivity index (χ0) is 19.8. The molecular formula is C18H25FN4O4. The summed E-state index contributed by atoms with van der Waals surface area (Å²) < 4.78 is 14.4. The van der Waals surface area contributed by atoms with Crippen LogP contribution in [0.3, 0.4) is 0 Å². The summed E-state index contributed by atoms with van der Waals surface area (Å²) in [5, 5.41) is 11.4. The molecule has 1 aromatic rings. The minimum Gasteiger partial charge on any atom is -0.330 e. The second-order valence-corrected chi connectivity index (χ2v) is 6.55. The molecule has 0 bridgehead atoms. The Bertz CT molecular complexity index is 658. The molecule has 1 aromatic heterocycles. The summed E-state index contributed by atoms with van der Waals surface area (Å²) in [6.07, 6.45) is 3.41. The maximum atomic E-state index is 14.4. The third-order valence-electron chi connectivity index (χ3n) is 4.67. The SMILES string of the molecule is CCCC[C@@H](C(=O)N1CCCC1C(=O)Nc1cccnc1)[C@@H](F)C(=O)NO. The van der Waals surface area contributed by atoms with Gasteiger partial charge in [0.25, 0.3) is 5.91 Å². The quantitative estimate of drug-likeness (QED) is 0.469. The van der Waals surface area contributed by atoms with Gasteiger partial charge in [-0.1, -0.05) is 19.8 Å². The van der Waals surface area contributed by atoms with Crippen molar-refractivity contribution < 1.29 is 24.0 Å². The zero-order valence-electron chi connectivity index (χ0n) is 15.2. The lowest BCUT2D eigenvalue weighted by atomic mass is 9.94. The Labute approximate surface area is 157 Å². The number of unbranched alkanes of at least 4 members (excludes halogenated alkanes) is 1. The van der Waals surface area contributed by atoms with Crippen molar-refractivity contribution >= 4 is 23.4 Å². The molecule has 27 heavy (non-hydrogen) atoms. The highest BCUT2D eigenvalue weighted by atomic mass is 19.1. The zero-order valence-corrected chi connectivity index (χ0v) is 15.2. The number of hydrogen-bond acceptors (Lipinski definition) is 5. The second kappa shape index (κ2) is 9.96. The largest absolute Gasteiger partial charge is 0.330 e. The summed E-state index contributed by atoms with van der Waals surface area (Å²) >= 11 is 0. The number of aromatic nitrogens is 1. The summed E-state index contributed by atoms with van der Waals surface area (Å²) in [6.45, 7) is 2.21. The van der Waals surface area contributed by atoms with Crippen LogP contribution in [0, 0.1) is 5.92 Å². The van der Waals surface area contributed by atoms with Gasteiger partial charge in [0.2, 0.25) is 11.8 Å². The van der Waals surface area contributed by atoms with Crippen LogP contribution in [0.1, 0.15) is 39.0 Å². The number of nitrogens with one attached hydrogen (secondary N) is 2. The van der Waals surface area contributed by atoms with Gasteiger partial charge in [-0.05, 0) is 31.4 Å². The number of nitrogens with zero attached hydrogens (tertiary/aromatic N) is 2. The molecular weight excluding hydrogens is 355 g/mol. The van der Waals surface area contributed by atoms with Crippen molar-refractivity contribution in [2.75, 3.05) is 11.9 Å². The van der Waals surface area contributed by atoms with E-state index in [1.54, 1.807) is 18.3 Å². The molecule has 3 atom stereocenters. The highest BCUT2D eigenvalue weighted by molar-refractivity contribution is 5.98. The number of alkyl halides is 1. The molecule has 0 saturated carbocycles. The fourth-order valence-electron chi connectivity index (χ4n) is 3.24. The Balaban J connectivity index is 2.12. The predicted octanol–water partition coefficient (Wildman–Crippen LogP) is 1.66. The fraction of sp³-hybridized carbons (Fsp3) is 0.556. The molecule has 9 heteroatoms. The van der Waals surface area contributed by atoms with Crippen molar-refractivity contribution in [3.05, 3.63) is 24.5 Å². The van der Waals surface area contributed by atoms with Gasteiger partial charge in [0.15, 0.2) is 6.17 Å². The lowest BCUT2D eigenvalue weighted by Crippen LogP contribution is -2.49. The van der Waals surface area contributed by atoms with Gasteiger partial charge < -0.3 is 10.2 Å². The number of pyridine rings is 1. The maximum Gasteiger partial charge on any atom is 0.278 e. The normalized spacial score (nSPS) is 18.6. The van der Waals surface area contributed by atoms with Crippen molar-refractivity contribution in [1.82, 2.24) is 15.4 Å². The van der Waals surface area contributed by atoms with E-state index in [4.69, 9.17) is 5.21 Å². The molecule has 1 saturated heterocycles. The number of carbonyl (C=O) groups excluding carboxylic acids is 3. The minimum atomic E-state index is -2.17. The first-order chi connectivity index (χ1) is 13.0. The average molecular weight is 380 g/mol. The molecule has 148 valence electrons. The summed E-state index contributed by atoms with van der Waals surface area (Å²) in [7, 11) is 0. The number of halogens is 1. The second-order valence-electron chi connectivity index (χ2n) is 6.55. The molecule has 1 aliphatic rings. The van der Waals surface area contributed by atoms with Gasteiger partial charge in [-0.2, -0.15) is 0 Å². The predicted molar refractivity (Wildman–Crippen MR) is 95.4 cm³/mol. The molecule has 2 rings (SSSR count). The molecule has 0 aromatic carbocycles. The van der Waals surface area contributed by atoms with Crippen LogP contribution in [0.2, 0.25) is 0 Å². The van der Waals surface area contributed by atoms with Crippen LogP contribution in [0.15, 0.2) is 24.5 Å². The summed E-state index contributed by atoms with van der Waals surface area (Å²) in [5.74, 6) is -3.43. The number of likely N-dealkylation sites (tertiary alicyclic amines) is 1. The lowest BCUT2D eigenvalue weighted by molar-refractivity contribution is -0.148. The van der Waals surface area contributed by atoms with Gasteiger partial charge in [-0.25, -0.2) is 9.87 Å². The first-order valence-corrected chi connectivity index (χ1v) is 9.09. The smallest absolute Gasteiger partial charge is 0.278 e. The highest BCUT2D eigenvalue weighted by Gasteiger charge is 2.41. The Morgan fingerprint density at radius 3 is 2.85 bits per heavy atom. The molecule has 3 N–H and O–H groups in total. The van der Waals surface area contributed by atoms with E-state index in [0.29, 0.717) is 31.5 Å². The standard InChI is InChI=1S/C18H25FN4O4/c1-2-3-7-13(15(19)17(25)22-27)18(26)23-10-5-8-14(23)16(24)21-12-6-4-9-20-11-12/h4,6,9,11,13-15,27H,2-3,5,7-8,10H2,1H3,(H,21,24)(H,22,25)/t13-,14?,15-/m1/s1. The Kier molecular flexibility index (Phi) is 7.66. The van der Waals surface area contributed by atoms with Crippen LogP contribution < -0.4 is 10.8 Å². The van der Waals surface area contributed by atoms with E-state index in [-0.39, 0.29) is 12.3 Å². The summed E-state index contributed by atoms with van der Waals surface area (Å²) in [5.41, 5.74) is 1.77. The van der Waals surface area contributed by atoms with Crippen molar-refractivity contribution in [3.8, 4) is 0 Å². The van der Waals surface area contributed by atoms with E-state index in [1.807, 2.05) is 6.92 Å². The molecule has 1 unspecified atom stereocenters. The molecule has 2 heterocycles. The molecule has 0 spiro atoms. The third-order valence-corrected chi connectivity index (χ3v) is 4.67. The first kappa shape index (κ1) is 20.8. The van der Waals surface area contributed by atoms with Crippen LogP contribution >= 0.6 is 0 Å². The first-order valence-electron chi connectivity index (χ1n) is 9.09. The molecule has 3 amide bonds. The van der Waals surface area contributed by atoms with E-state index in [0.717, 1.165) is 6.42 Å². The highest BCUT2D eigenvalue weighted by Crippen LogP contribution is 2.26. The fourth-order valence-corrected chi connectivity index (χ4v) is 3.24. The van der Waals surface area contributed by atoms with Crippen LogP contribution in [0.4, 0.5) is 10.1 Å². The Morgan fingerprint density at radius 1 is 1.44 bits per heavy atom. The van der Waals surface area contributed by atoms with Crippen LogP contribution in [-0.4, -0.2) is 51.6 Å². The van der Waals surface area contributed by atoms with Gasteiger partial charge in [-0.15, -0.1) is 0 Å². The van der Waals surface area contributed by atoms with Gasteiger partial charge >= 0.3 is 0 Å². The Hall–Kier alpha value is -2.55. The number of carbonyl (C=O) groups is 3. The molecule has 8 nitrogen and oxygen atoms in total. The molecule has 0 radical (unpaired) electrons. The van der Waals surface area contributed by atoms with Gasteiger partial charge in [0, 0.05) is 12.7 Å². The maximum absolute atomic E-state index is 14.4. The van der Waals surface area contributed by atoms with E-state index in [1.165, 1.54) is 16.6 Å². The van der Waals surface area contributed by atoms with Crippen molar-refractivity contribution in [2.24, 2.45) is 5.92 Å². The summed E-state index contributed by atoms with van der Waals surface area (Å²) in [4.78, 5) is 42.2. The molecule has 1 aliphatic heterocycles. The van der Waals surface area contributed by atoms with Crippen molar-refractivity contribution in [1.29, 1.82) is 0 Å². The van der Waals surface area contributed by atoms with Gasteiger partial charge in [0.05, 0.1) is 17.8 Å². The lowest BCUT2D eigenvalue weighted by Gasteiger charge is -2.29. The Morgan fingerprint density at radius 2 is 2.22 bits per heavy atom. The third kappa shape index (κ3) is 5.22. The average Bonchev–Trinajstić information content (AvgIpc) is 3.18. The molecule has 0 aliphatic carbocycles. The van der Waals surface area contributed by atoms with E-state index < -0.39 is 29.9 Å². The number of anilines is 1. The van der Waals surface area contributed by atoms with Crippen LogP contribution in [0.25, 0.3) is 0 Å². The topological polar surface area (TPSA) is 112 Å². The number of rotatable bonds is 8. The van der Waals surface area contributed by atoms with Crippen LogP contribution in [-0.2, 0) is 14.4 Å². The van der Waals surface area contributed by atoms with E-state index in [2.05, 4.69) is 10.3 Å². The number of amides is 3. The van der Waals surface area contributed by atoms with E-state index in [9.17, 15) is 18.8 Å². The summed E-state index contributed by atoms with van der Waals surface area (Å²) in [6, 6.07) is 2.63. The van der Waals surface area contributed by atoms with Crippen molar-refractivity contribution in [2.45, 2.75) is 51.2 Å². The van der Waals surface area contributed by atoms with Gasteiger partial charge in [-0.3, -0.25) is 24.6 Å². The van der Waals surface area contributed by atoms with Crippen molar-refractivity contribution in [3.63, 3.8) is 0 Å². The number of hydrogen-bond donors (Lipinski definition) is 3. The van der Waals surface area contributed by atoms with E-state index >= 15 is 0 Å². The monoisotopic (exact) mass is 380 g/mol. The number of hydroxylamine groups is 1. The molecule has 1 fully saturated rings. The van der Waals surface area contributed by atoms with Gasteiger partial charge in [0.1, 0.15) is 6.04 Å². The minimum absolute atomic E-state index is 0.164. The van der Waals surface area contributed by atoms with Crippen LogP contribution in [0.5, 0.6) is 0 Å².